The third-order valence-corrected chi connectivity index (χ3v) is 8.16. The minimum Gasteiger partial charge on any atom is -0.356 e. The lowest BCUT2D eigenvalue weighted by atomic mass is 9.97. The number of piperidine rings is 1. The molecule has 1 fully saturated rings. The first kappa shape index (κ1) is 21.8. The highest BCUT2D eigenvalue weighted by atomic mass is 32.2. The zero-order valence-corrected chi connectivity index (χ0v) is 19.3. The van der Waals surface area contributed by atoms with Gasteiger partial charge in [-0.05, 0) is 70.1 Å². The van der Waals surface area contributed by atoms with Crippen molar-refractivity contribution in [3.05, 3.63) is 26.6 Å². The molecule has 0 atom stereocenters. The van der Waals surface area contributed by atoms with E-state index in [0.29, 0.717) is 12.2 Å². The van der Waals surface area contributed by atoms with E-state index in [4.69, 9.17) is 4.98 Å². The van der Waals surface area contributed by atoms with Gasteiger partial charge in [-0.1, -0.05) is 6.42 Å². The van der Waals surface area contributed by atoms with Crippen molar-refractivity contribution in [1.29, 1.82) is 0 Å². The quantitative estimate of drug-likeness (QED) is 0.574. The number of carbonyl (C=O) groups is 1. The second-order valence-corrected chi connectivity index (χ2v) is 10.5. The Kier molecular flexibility index (Phi) is 7.84. The van der Waals surface area contributed by atoms with E-state index >= 15 is 0 Å². The second kappa shape index (κ2) is 10.8. The average molecular weight is 449 g/mol. The number of nitrogens with one attached hydrogen (secondary N) is 2. The Morgan fingerprint density at radius 3 is 2.87 bits per heavy atom. The van der Waals surface area contributed by atoms with Crippen LogP contribution in [-0.2, 0) is 23.4 Å². The first-order chi connectivity index (χ1) is 14.7. The molecule has 3 heterocycles. The normalized spacial score (nSPS) is 17.2. The largest absolute Gasteiger partial charge is 0.356 e. The number of aromatic nitrogens is 2. The third kappa shape index (κ3) is 5.65. The highest BCUT2D eigenvalue weighted by molar-refractivity contribution is 7.98. The number of thioether (sulfide) groups is 1. The number of hydrogen-bond acceptors (Lipinski definition) is 6. The summed E-state index contributed by atoms with van der Waals surface area (Å²) in [5, 5.41) is 3.84. The standard InChI is InChI=1S/C22H32N4O2S2/c27-19(23-10-6-13-26-11-4-1-5-12-26)9-14-29-15-18-24-21(28)20-16-7-2-3-8-17(16)30-22(20)25-18/h1-15H2,(H,23,27)(H,24,25,28). The molecule has 0 aromatic carbocycles. The van der Waals surface area contributed by atoms with E-state index in [-0.39, 0.29) is 11.5 Å². The van der Waals surface area contributed by atoms with Crippen LogP contribution in [0.3, 0.4) is 0 Å². The number of H-pyrrole nitrogens is 1. The number of nitrogens with zero attached hydrogens (tertiary/aromatic N) is 2. The highest BCUT2D eigenvalue weighted by Gasteiger charge is 2.19. The molecule has 4 rings (SSSR count). The van der Waals surface area contributed by atoms with Gasteiger partial charge in [0.15, 0.2) is 0 Å². The molecule has 0 bridgehead atoms. The van der Waals surface area contributed by atoms with Gasteiger partial charge >= 0.3 is 0 Å². The zero-order valence-electron chi connectivity index (χ0n) is 17.6. The van der Waals surface area contributed by atoms with Crippen molar-refractivity contribution in [3.63, 3.8) is 0 Å². The maximum atomic E-state index is 12.6. The Morgan fingerprint density at radius 2 is 2.00 bits per heavy atom. The van der Waals surface area contributed by atoms with Gasteiger partial charge in [-0.15, -0.1) is 11.3 Å². The Hall–Kier alpha value is -1.38. The van der Waals surface area contributed by atoms with Crippen molar-refractivity contribution < 1.29 is 4.79 Å². The molecule has 2 aromatic rings. The van der Waals surface area contributed by atoms with E-state index in [0.717, 1.165) is 60.6 Å². The second-order valence-electron chi connectivity index (χ2n) is 8.31. The fraction of sp³-hybridized carbons (Fsp3) is 0.682. The Bertz CT molecular complexity index is 918. The lowest BCUT2D eigenvalue weighted by molar-refractivity contribution is -0.120. The predicted octanol–water partition coefficient (Wildman–Crippen LogP) is 3.48. The summed E-state index contributed by atoms with van der Waals surface area (Å²) < 4.78 is 0. The van der Waals surface area contributed by atoms with Crippen molar-refractivity contribution in [3.8, 4) is 0 Å². The van der Waals surface area contributed by atoms with Crippen LogP contribution in [-0.4, -0.2) is 52.7 Å². The number of aromatic amines is 1. The van der Waals surface area contributed by atoms with E-state index < -0.39 is 0 Å². The van der Waals surface area contributed by atoms with Crippen LogP contribution in [0.25, 0.3) is 10.2 Å². The zero-order chi connectivity index (χ0) is 20.8. The lowest BCUT2D eigenvalue weighted by Crippen LogP contribution is -2.33. The van der Waals surface area contributed by atoms with Crippen molar-refractivity contribution in [1.82, 2.24) is 20.2 Å². The molecule has 1 aliphatic heterocycles. The monoisotopic (exact) mass is 448 g/mol. The first-order valence-electron chi connectivity index (χ1n) is 11.3. The number of thiophene rings is 1. The van der Waals surface area contributed by atoms with Crippen LogP contribution in [0.15, 0.2) is 4.79 Å². The van der Waals surface area contributed by atoms with Crippen molar-refractivity contribution in [2.24, 2.45) is 0 Å². The van der Waals surface area contributed by atoms with E-state index in [1.54, 1.807) is 23.1 Å². The smallest absolute Gasteiger partial charge is 0.259 e. The molecule has 0 spiro atoms. The molecule has 1 amide bonds. The van der Waals surface area contributed by atoms with Crippen LogP contribution >= 0.6 is 23.1 Å². The molecular formula is C22H32N4O2S2. The molecule has 0 radical (unpaired) electrons. The predicted molar refractivity (Wildman–Crippen MR) is 126 cm³/mol. The number of amides is 1. The molecule has 30 heavy (non-hydrogen) atoms. The third-order valence-electron chi connectivity index (χ3n) is 6.01. The maximum Gasteiger partial charge on any atom is 0.259 e. The molecule has 0 unspecified atom stereocenters. The van der Waals surface area contributed by atoms with Crippen LogP contribution in [0.2, 0.25) is 0 Å². The summed E-state index contributed by atoms with van der Waals surface area (Å²) in [4.78, 5) is 37.0. The Balaban J connectivity index is 1.17. The minimum atomic E-state index is 0.00134. The summed E-state index contributed by atoms with van der Waals surface area (Å²) in [5.74, 6) is 2.21. The summed E-state index contributed by atoms with van der Waals surface area (Å²) in [5.41, 5.74) is 1.23. The van der Waals surface area contributed by atoms with Gasteiger partial charge in [-0.2, -0.15) is 11.8 Å². The summed E-state index contributed by atoms with van der Waals surface area (Å²) >= 11 is 3.34. The van der Waals surface area contributed by atoms with Crippen LogP contribution in [0.4, 0.5) is 0 Å². The fourth-order valence-corrected chi connectivity index (χ4v) is 6.50. The topological polar surface area (TPSA) is 78.1 Å². The molecular weight excluding hydrogens is 416 g/mol. The van der Waals surface area contributed by atoms with Crippen LogP contribution in [0.5, 0.6) is 0 Å². The van der Waals surface area contributed by atoms with Gasteiger partial charge in [0.1, 0.15) is 10.7 Å². The minimum absolute atomic E-state index is 0.00134. The molecule has 0 saturated carbocycles. The van der Waals surface area contributed by atoms with Gasteiger partial charge in [-0.3, -0.25) is 9.59 Å². The highest BCUT2D eigenvalue weighted by Crippen LogP contribution is 2.33. The van der Waals surface area contributed by atoms with E-state index in [2.05, 4.69) is 15.2 Å². The number of likely N-dealkylation sites (tertiary alicyclic amines) is 1. The SMILES string of the molecule is O=C(CCSCc1nc2sc3c(c2c(=O)[nH]1)CCCC3)NCCCN1CCCCC1. The van der Waals surface area contributed by atoms with Crippen LogP contribution in [0, 0.1) is 0 Å². The summed E-state index contributed by atoms with van der Waals surface area (Å²) in [6.07, 6.45) is 9.96. The fourth-order valence-electron chi connectivity index (χ4n) is 4.41. The van der Waals surface area contributed by atoms with Gasteiger partial charge in [0.25, 0.3) is 5.56 Å². The van der Waals surface area contributed by atoms with Gasteiger partial charge in [-0.25, -0.2) is 4.98 Å². The number of carbonyl (C=O) groups excluding carboxylic acids is 1. The maximum absolute atomic E-state index is 12.6. The number of hydrogen-bond donors (Lipinski definition) is 2. The van der Waals surface area contributed by atoms with Crippen molar-refractivity contribution in [2.45, 2.75) is 63.5 Å². The number of fused-ring (bicyclic) bond motifs is 3. The van der Waals surface area contributed by atoms with Crippen LogP contribution in [0.1, 0.15) is 61.2 Å². The van der Waals surface area contributed by atoms with Crippen molar-refractivity contribution in [2.75, 3.05) is 31.9 Å². The van der Waals surface area contributed by atoms with E-state index in [1.165, 1.54) is 49.2 Å². The van der Waals surface area contributed by atoms with Crippen molar-refractivity contribution >= 4 is 39.2 Å². The number of rotatable bonds is 9. The summed E-state index contributed by atoms with van der Waals surface area (Å²) in [7, 11) is 0. The molecule has 1 saturated heterocycles. The molecule has 2 N–H and O–H groups in total. The molecule has 164 valence electrons. The van der Waals surface area contributed by atoms with Crippen LogP contribution < -0.4 is 10.9 Å². The summed E-state index contributed by atoms with van der Waals surface area (Å²) in [6, 6.07) is 0. The van der Waals surface area contributed by atoms with Gasteiger partial charge in [0, 0.05) is 23.6 Å². The Morgan fingerprint density at radius 1 is 1.17 bits per heavy atom. The average Bonchev–Trinajstić information content (AvgIpc) is 3.14. The van der Waals surface area contributed by atoms with Gasteiger partial charge in [0.2, 0.25) is 5.91 Å². The summed E-state index contributed by atoms with van der Waals surface area (Å²) in [6.45, 7) is 4.26. The van der Waals surface area contributed by atoms with Gasteiger partial charge < -0.3 is 15.2 Å². The molecule has 2 aromatic heterocycles. The molecule has 6 nitrogen and oxygen atoms in total. The molecule has 8 heteroatoms. The number of aryl methyl sites for hydroxylation is 2. The lowest BCUT2D eigenvalue weighted by Gasteiger charge is -2.26. The van der Waals surface area contributed by atoms with E-state index in [9.17, 15) is 9.59 Å². The Labute approximate surface area is 186 Å². The van der Waals surface area contributed by atoms with Gasteiger partial charge in [0.05, 0.1) is 11.1 Å². The first-order valence-corrected chi connectivity index (χ1v) is 13.3. The molecule has 2 aliphatic rings. The molecule has 1 aliphatic carbocycles. The van der Waals surface area contributed by atoms with E-state index in [1.807, 2.05) is 0 Å².